The van der Waals surface area contributed by atoms with Crippen LogP contribution in [0, 0.1) is 25.2 Å². The van der Waals surface area contributed by atoms with Crippen LogP contribution in [0.1, 0.15) is 16.7 Å². The van der Waals surface area contributed by atoms with E-state index in [1.165, 1.54) is 16.7 Å². The number of nitriles is 1. The number of hydrogen-bond acceptors (Lipinski definition) is 1. The Morgan fingerprint density at radius 1 is 0.938 bits per heavy atom. The van der Waals surface area contributed by atoms with Gasteiger partial charge in [-0.25, -0.2) is 0 Å². The first-order chi connectivity index (χ1) is 7.70. The Kier molecular flexibility index (Phi) is 2.74. The molecular weight excluding hydrogens is 194 g/mol. The summed E-state index contributed by atoms with van der Waals surface area (Å²) in [5, 5.41) is 8.74. The fourth-order valence-electron chi connectivity index (χ4n) is 1.86. The summed E-state index contributed by atoms with van der Waals surface area (Å²) in [5.74, 6) is 0. The van der Waals surface area contributed by atoms with E-state index in [-0.39, 0.29) is 0 Å². The summed E-state index contributed by atoms with van der Waals surface area (Å²) < 4.78 is 0. The summed E-state index contributed by atoms with van der Waals surface area (Å²) in [4.78, 5) is 0. The van der Waals surface area contributed by atoms with Crippen molar-refractivity contribution in [1.29, 1.82) is 5.26 Å². The van der Waals surface area contributed by atoms with Gasteiger partial charge >= 0.3 is 0 Å². The molecule has 0 heterocycles. The second kappa shape index (κ2) is 4.20. The molecule has 0 spiro atoms. The van der Waals surface area contributed by atoms with Crippen LogP contribution in [-0.2, 0) is 0 Å². The normalized spacial score (nSPS) is 9.81. The number of rotatable bonds is 1. The fourth-order valence-corrected chi connectivity index (χ4v) is 1.86. The van der Waals surface area contributed by atoms with E-state index in [0.717, 1.165) is 5.56 Å². The quantitative estimate of drug-likeness (QED) is 0.697. The lowest BCUT2D eigenvalue weighted by Crippen LogP contribution is -1.85. The van der Waals surface area contributed by atoms with Gasteiger partial charge in [0, 0.05) is 0 Å². The maximum absolute atomic E-state index is 8.74. The van der Waals surface area contributed by atoms with E-state index in [1.54, 1.807) is 0 Å². The first-order valence-corrected chi connectivity index (χ1v) is 5.28. The van der Waals surface area contributed by atoms with Crippen LogP contribution in [0.15, 0.2) is 42.5 Å². The SMILES string of the molecule is Cc1ccc(-c2ccc(C#N)cc2)c(C)c1. The third-order valence-corrected chi connectivity index (χ3v) is 2.71. The lowest BCUT2D eigenvalue weighted by molar-refractivity contribution is 1.38. The van der Waals surface area contributed by atoms with Crippen LogP contribution in [0.3, 0.4) is 0 Å². The van der Waals surface area contributed by atoms with Crippen molar-refractivity contribution in [1.82, 2.24) is 0 Å². The summed E-state index contributed by atoms with van der Waals surface area (Å²) >= 11 is 0. The summed E-state index contributed by atoms with van der Waals surface area (Å²) in [6, 6.07) is 16.3. The van der Waals surface area contributed by atoms with E-state index in [4.69, 9.17) is 5.26 Å². The molecule has 0 N–H and O–H groups in total. The summed E-state index contributed by atoms with van der Waals surface area (Å²) in [6.45, 7) is 4.20. The van der Waals surface area contributed by atoms with Crippen molar-refractivity contribution in [3.05, 3.63) is 59.2 Å². The van der Waals surface area contributed by atoms with Crippen molar-refractivity contribution in [2.75, 3.05) is 0 Å². The molecule has 0 atom stereocenters. The molecule has 0 radical (unpaired) electrons. The second-order valence-electron chi connectivity index (χ2n) is 4.01. The molecular formula is C15H13N. The first kappa shape index (κ1) is 10.4. The van der Waals surface area contributed by atoms with Gasteiger partial charge in [0.1, 0.15) is 0 Å². The fraction of sp³-hybridized carbons (Fsp3) is 0.133. The number of hydrogen-bond donors (Lipinski definition) is 0. The number of aryl methyl sites for hydroxylation is 2. The highest BCUT2D eigenvalue weighted by Crippen LogP contribution is 2.24. The maximum atomic E-state index is 8.74. The monoisotopic (exact) mass is 207 g/mol. The molecule has 2 aromatic carbocycles. The zero-order valence-electron chi connectivity index (χ0n) is 9.49. The van der Waals surface area contributed by atoms with E-state index < -0.39 is 0 Å². The van der Waals surface area contributed by atoms with Crippen LogP contribution >= 0.6 is 0 Å². The Labute approximate surface area is 96.0 Å². The number of benzene rings is 2. The predicted octanol–water partition coefficient (Wildman–Crippen LogP) is 3.84. The molecule has 0 aliphatic heterocycles. The molecule has 0 fully saturated rings. The van der Waals surface area contributed by atoms with Crippen molar-refractivity contribution in [2.24, 2.45) is 0 Å². The molecule has 16 heavy (non-hydrogen) atoms. The van der Waals surface area contributed by atoms with E-state index in [1.807, 2.05) is 24.3 Å². The van der Waals surface area contributed by atoms with Crippen LogP contribution in [0.4, 0.5) is 0 Å². The Bertz CT molecular complexity index is 545. The Morgan fingerprint density at radius 3 is 2.19 bits per heavy atom. The lowest BCUT2D eigenvalue weighted by Gasteiger charge is -2.06. The van der Waals surface area contributed by atoms with Crippen molar-refractivity contribution in [3.63, 3.8) is 0 Å². The van der Waals surface area contributed by atoms with Crippen molar-refractivity contribution >= 4 is 0 Å². The molecule has 78 valence electrons. The standard InChI is InChI=1S/C15H13N/c1-11-3-8-15(12(2)9-11)14-6-4-13(10-16)5-7-14/h3-9H,1-2H3. The molecule has 1 heteroatoms. The summed E-state index contributed by atoms with van der Waals surface area (Å²) in [6.07, 6.45) is 0. The molecule has 0 bridgehead atoms. The van der Waals surface area contributed by atoms with Gasteiger partial charge in [0.15, 0.2) is 0 Å². The first-order valence-electron chi connectivity index (χ1n) is 5.28. The van der Waals surface area contributed by atoms with Gasteiger partial charge in [-0.05, 0) is 42.7 Å². The van der Waals surface area contributed by atoms with Gasteiger partial charge in [-0.1, -0.05) is 35.9 Å². The van der Waals surface area contributed by atoms with Crippen molar-refractivity contribution in [2.45, 2.75) is 13.8 Å². The predicted molar refractivity (Wildman–Crippen MR) is 66.1 cm³/mol. The van der Waals surface area contributed by atoms with Crippen LogP contribution in [-0.4, -0.2) is 0 Å². The van der Waals surface area contributed by atoms with Crippen LogP contribution < -0.4 is 0 Å². The van der Waals surface area contributed by atoms with Gasteiger partial charge in [-0.15, -0.1) is 0 Å². The van der Waals surface area contributed by atoms with Crippen LogP contribution in [0.5, 0.6) is 0 Å². The molecule has 0 aliphatic carbocycles. The third-order valence-electron chi connectivity index (χ3n) is 2.71. The van der Waals surface area contributed by atoms with E-state index >= 15 is 0 Å². The van der Waals surface area contributed by atoms with Gasteiger partial charge in [0.25, 0.3) is 0 Å². The molecule has 2 rings (SSSR count). The molecule has 1 nitrogen and oxygen atoms in total. The van der Waals surface area contributed by atoms with Crippen molar-refractivity contribution in [3.8, 4) is 17.2 Å². The van der Waals surface area contributed by atoms with Gasteiger partial charge in [0.2, 0.25) is 0 Å². The minimum absolute atomic E-state index is 0.702. The molecule has 0 saturated carbocycles. The number of nitrogens with zero attached hydrogens (tertiary/aromatic N) is 1. The Balaban J connectivity index is 2.47. The second-order valence-corrected chi connectivity index (χ2v) is 4.01. The molecule has 0 saturated heterocycles. The average Bonchev–Trinajstić information content (AvgIpc) is 2.29. The van der Waals surface area contributed by atoms with Crippen molar-refractivity contribution < 1.29 is 0 Å². The zero-order chi connectivity index (χ0) is 11.5. The van der Waals surface area contributed by atoms with E-state index in [0.29, 0.717) is 5.56 Å². The van der Waals surface area contributed by atoms with Gasteiger partial charge in [-0.3, -0.25) is 0 Å². The molecule has 0 aliphatic rings. The summed E-state index contributed by atoms with van der Waals surface area (Å²) in [7, 11) is 0. The van der Waals surface area contributed by atoms with E-state index in [2.05, 4.69) is 38.1 Å². The topological polar surface area (TPSA) is 23.8 Å². The van der Waals surface area contributed by atoms with Gasteiger partial charge in [0.05, 0.1) is 11.6 Å². The Hall–Kier alpha value is -2.07. The molecule has 2 aromatic rings. The minimum atomic E-state index is 0.702. The highest BCUT2D eigenvalue weighted by atomic mass is 14.2. The largest absolute Gasteiger partial charge is 0.192 e. The minimum Gasteiger partial charge on any atom is -0.192 e. The Morgan fingerprint density at radius 2 is 1.62 bits per heavy atom. The van der Waals surface area contributed by atoms with Crippen LogP contribution in [0.2, 0.25) is 0 Å². The van der Waals surface area contributed by atoms with Gasteiger partial charge in [-0.2, -0.15) is 5.26 Å². The maximum Gasteiger partial charge on any atom is 0.0991 e. The average molecular weight is 207 g/mol. The lowest BCUT2D eigenvalue weighted by atomic mass is 9.98. The third kappa shape index (κ3) is 1.97. The summed E-state index contributed by atoms with van der Waals surface area (Å²) in [5.41, 5.74) is 5.64. The smallest absolute Gasteiger partial charge is 0.0991 e. The molecule has 0 unspecified atom stereocenters. The van der Waals surface area contributed by atoms with E-state index in [9.17, 15) is 0 Å². The molecule has 0 amide bonds. The highest BCUT2D eigenvalue weighted by molar-refractivity contribution is 5.68. The van der Waals surface area contributed by atoms with Gasteiger partial charge < -0.3 is 0 Å². The highest BCUT2D eigenvalue weighted by Gasteiger charge is 2.01. The van der Waals surface area contributed by atoms with Crippen LogP contribution in [0.25, 0.3) is 11.1 Å². The zero-order valence-corrected chi connectivity index (χ0v) is 9.49. The molecule has 0 aromatic heterocycles.